The number of benzene rings is 1. The molecular weight excluding hydrogens is 297 g/mol. The average molecular weight is 312 g/mol. The van der Waals surface area contributed by atoms with E-state index in [1.54, 1.807) is 24.5 Å². The Morgan fingerprint density at radius 1 is 1.19 bits per heavy atom. The number of halogens is 3. The van der Waals surface area contributed by atoms with Crippen molar-refractivity contribution in [2.45, 2.75) is 29.9 Å². The van der Waals surface area contributed by atoms with E-state index in [0.717, 1.165) is 11.1 Å². The summed E-state index contributed by atoms with van der Waals surface area (Å²) in [5, 5.41) is 3.31. The van der Waals surface area contributed by atoms with Crippen molar-refractivity contribution in [3.8, 4) is 0 Å². The van der Waals surface area contributed by atoms with E-state index in [2.05, 4.69) is 10.3 Å². The lowest BCUT2D eigenvalue weighted by Crippen LogP contribution is -2.18. The summed E-state index contributed by atoms with van der Waals surface area (Å²) in [5.74, 6) is 0. The quantitative estimate of drug-likeness (QED) is 0.820. The van der Waals surface area contributed by atoms with Gasteiger partial charge in [0.25, 0.3) is 0 Å². The third kappa shape index (κ3) is 5.40. The molecule has 0 aliphatic heterocycles. The lowest BCUT2D eigenvalue weighted by atomic mass is 10.1. The first-order chi connectivity index (χ1) is 9.94. The van der Waals surface area contributed by atoms with E-state index in [9.17, 15) is 13.2 Å². The van der Waals surface area contributed by atoms with Crippen molar-refractivity contribution in [3.63, 3.8) is 0 Å². The Morgan fingerprint density at radius 2 is 1.90 bits per heavy atom. The van der Waals surface area contributed by atoms with Gasteiger partial charge in [0.05, 0.1) is 0 Å². The number of thioether (sulfide) groups is 1. The molecule has 1 atom stereocenters. The van der Waals surface area contributed by atoms with Crippen LogP contribution in [0.15, 0.2) is 53.7 Å². The van der Waals surface area contributed by atoms with Crippen molar-refractivity contribution >= 4 is 11.8 Å². The van der Waals surface area contributed by atoms with Crippen molar-refractivity contribution in [1.29, 1.82) is 0 Å². The van der Waals surface area contributed by atoms with Gasteiger partial charge in [-0.2, -0.15) is 13.2 Å². The highest BCUT2D eigenvalue weighted by atomic mass is 32.2. The predicted molar refractivity (Wildman–Crippen MR) is 77.8 cm³/mol. The zero-order valence-electron chi connectivity index (χ0n) is 11.4. The van der Waals surface area contributed by atoms with E-state index in [-0.39, 0.29) is 22.7 Å². The largest absolute Gasteiger partial charge is 0.446 e. The van der Waals surface area contributed by atoms with Gasteiger partial charge >= 0.3 is 5.51 Å². The van der Waals surface area contributed by atoms with Gasteiger partial charge in [0, 0.05) is 29.9 Å². The highest BCUT2D eigenvalue weighted by Crippen LogP contribution is 2.36. The molecule has 0 saturated heterocycles. The lowest BCUT2D eigenvalue weighted by Gasteiger charge is -2.14. The highest BCUT2D eigenvalue weighted by molar-refractivity contribution is 8.00. The highest BCUT2D eigenvalue weighted by Gasteiger charge is 2.28. The molecule has 1 aromatic carbocycles. The topological polar surface area (TPSA) is 24.9 Å². The molecule has 0 aliphatic rings. The van der Waals surface area contributed by atoms with E-state index < -0.39 is 5.51 Å². The summed E-state index contributed by atoms with van der Waals surface area (Å²) >= 11 is -0.0980. The molecule has 1 heterocycles. The second-order valence-corrected chi connectivity index (χ2v) is 5.72. The molecule has 0 saturated carbocycles. The Morgan fingerprint density at radius 3 is 2.48 bits per heavy atom. The average Bonchev–Trinajstić information content (AvgIpc) is 2.45. The summed E-state index contributed by atoms with van der Waals surface area (Å²) in [6.45, 7) is 2.61. The van der Waals surface area contributed by atoms with E-state index in [1.165, 1.54) is 12.1 Å². The summed E-state index contributed by atoms with van der Waals surface area (Å²) in [4.78, 5) is 4.26. The van der Waals surface area contributed by atoms with Crippen LogP contribution in [0.25, 0.3) is 0 Å². The molecule has 0 aliphatic carbocycles. The van der Waals surface area contributed by atoms with E-state index in [4.69, 9.17) is 0 Å². The number of hydrogen-bond donors (Lipinski definition) is 1. The monoisotopic (exact) mass is 312 g/mol. The normalized spacial score (nSPS) is 13.1. The maximum Gasteiger partial charge on any atom is 0.446 e. The molecule has 2 nitrogen and oxygen atoms in total. The van der Waals surface area contributed by atoms with Crippen LogP contribution in [0, 0.1) is 0 Å². The Bertz CT molecular complexity index is 555. The Hall–Kier alpha value is -1.53. The van der Waals surface area contributed by atoms with Gasteiger partial charge in [-0.3, -0.25) is 4.98 Å². The van der Waals surface area contributed by atoms with Crippen molar-refractivity contribution in [1.82, 2.24) is 10.3 Å². The van der Waals surface area contributed by atoms with Crippen LogP contribution in [-0.4, -0.2) is 10.5 Å². The van der Waals surface area contributed by atoms with Gasteiger partial charge in [-0.25, -0.2) is 0 Å². The number of aromatic nitrogens is 1. The number of rotatable bonds is 5. The molecule has 0 fully saturated rings. The fourth-order valence-corrected chi connectivity index (χ4v) is 2.37. The van der Waals surface area contributed by atoms with Gasteiger partial charge < -0.3 is 5.32 Å². The molecule has 0 amide bonds. The fraction of sp³-hybridized carbons (Fsp3) is 0.267. The second kappa shape index (κ2) is 6.95. The van der Waals surface area contributed by atoms with Crippen LogP contribution < -0.4 is 5.32 Å². The molecule has 6 heteroatoms. The van der Waals surface area contributed by atoms with E-state index in [0.29, 0.717) is 6.54 Å². The van der Waals surface area contributed by atoms with Gasteiger partial charge in [-0.05, 0) is 48.0 Å². The molecule has 2 aromatic rings. The molecule has 21 heavy (non-hydrogen) atoms. The minimum Gasteiger partial charge on any atom is -0.306 e. The molecule has 0 bridgehead atoms. The Kier molecular flexibility index (Phi) is 5.25. The second-order valence-electron chi connectivity index (χ2n) is 4.58. The van der Waals surface area contributed by atoms with Gasteiger partial charge in [0.15, 0.2) is 0 Å². The zero-order valence-corrected chi connectivity index (χ0v) is 12.2. The van der Waals surface area contributed by atoms with Crippen LogP contribution in [0.2, 0.25) is 0 Å². The summed E-state index contributed by atoms with van der Waals surface area (Å²) in [6, 6.07) is 10.4. The molecule has 112 valence electrons. The summed E-state index contributed by atoms with van der Waals surface area (Å²) in [6.07, 6.45) is 3.51. The zero-order chi connectivity index (χ0) is 15.3. The summed E-state index contributed by atoms with van der Waals surface area (Å²) in [5.41, 5.74) is -2.23. The summed E-state index contributed by atoms with van der Waals surface area (Å²) < 4.78 is 36.7. The van der Waals surface area contributed by atoms with Crippen molar-refractivity contribution in [2.24, 2.45) is 0 Å². The molecular formula is C15H15F3N2S. The smallest absolute Gasteiger partial charge is 0.306 e. The maximum atomic E-state index is 12.2. The molecule has 1 aromatic heterocycles. The number of hydrogen-bond acceptors (Lipinski definition) is 3. The minimum absolute atomic E-state index is 0.0980. The van der Waals surface area contributed by atoms with Crippen LogP contribution in [0.3, 0.4) is 0 Å². The van der Waals surface area contributed by atoms with Crippen molar-refractivity contribution in [2.75, 3.05) is 0 Å². The van der Waals surface area contributed by atoms with Crippen molar-refractivity contribution < 1.29 is 13.2 Å². The van der Waals surface area contributed by atoms with Crippen LogP contribution in [0.1, 0.15) is 24.1 Å². The van der Waals surface area contributed by atoms with Crippen LogP contribution in [0.4, 0.5) is 13.2 Å². The van der Waals surface area contributed by atoms with Gasteiger partial charge in [-0.1, -0.05) is 18.2 Å². The van der Waals surface area contributed by atoms with Crippen LogP contribution in [0.5, 0.6) is 0 Å². The lowest BCUT2D eigenvalue weighted by molar-refractivity contribution is -0.0328. The minimum atomic E-state index is -4.24. The van der Waals surface area contributed by atoms with E-state index >= 15 is 0 Å². The Labute approximate surface area is 125 Å². The first-order valence-corrected chi connectivity index (χ1v) is 7.24. The summed E-state index contributed by atoms with van der Waals surface area (Å²) in [7, 11) is 0. The number of alkyl halides is 3. The van der Waals surface area contributed by atoms with Gasteiger partial charge in [-0.15, -0.1) is 0 Å². The molecule has 0 spiro atoms. The van der Waals surface area contributed by atoms with Crippen LogP contribution in [-0.2, 0) is 6.54 Å². The van der Waals surface area contributed by atoms with E-state index in [1.807, 2.05) is 19.1 Å². The predicted octanol–water partition coefficient (Wildman–Crippen LogP) is 4.54. The molecule has 1 N–H and O–H groups in total. The fourth-order valence-electron chi connectivity index (χ4n) is 1.83. The Balaban J connectivity index is 1.89. The number of nitrogens with one attached hydrogen (secondary N) is 1. The van der Waals surface area contributed by atoms with Gasteiger partial charge in [0.2, 0.25) is 0 Å². The van der Waals surface area contributed by atoms with Crippen molar-refractivity contribution in [3.05, 3.63) is 59.9 Å². The maximum absolute atomic E-state index is 12.2. The third-order valence-electron chi connectivity index (χ3n) is 2.95. The van der Waals surface area contributed by atoms with Crippen LogP contribution >= 0.6 is 11.8 Å². The SMILES string of the molecule is C[C@H](NCc1ccc(SC(F)(F)F)cc1)c1cccnc1. The first kappa shape index (κ1) is 15.9. The third-order valence-corrected chi connectivity index (χ3v) is 3.69. The standard InChI is InChI=1S/C15H15F3N2S/c1-11(13-3-2-8-19-10-13)20-9-12-4-6-14(7-5-12)21-15(16,17)18/h2-8,10-11,20H,9H2,1H3/t11-/m0/s1. The molecule has 0 radical (unpaired) electrons. The first-order valence-electron chi connectivity index (χ1n) is 6.42. The number of nitrogens with zero attached hydrogens (tertiary/aromatic N) is 1. The molecule has 0 unspecified atom stereocenters. The van der Waals surface area contributed by atoms with Gasteiger partial charge in [0.1, 0.15) is 0 Å². The number of pyridine rings is 1. The molecule has 2 rings (SSSR count).